The molecule has 0 aliphatic rings. The average molecular weight is 210 g/mol. The molecular weight excluding hydrogens is 194 g/mol. The Hall–Kier alpha value is -1.14. The Bertz CT molecular complexity index is 233. The summed E-state index contributed by atoms with van der Waals surface area (Å²) in [6, 6.07) is 0. The maximum absolute atomic E-state index is 9.93. The van der Waals surface area contributed by atoms with Crippen molar-refractivity contribution in [1.29, 1.82) is 0 Å². The molecule has 0 atom stereocenters. The topological polar surface area (TPSA) is 99.7 Å². The van der Waals surface area contributed by atoms with E-state index < -0.39 is 7.05 Å². The zero-order chi connectivity index (χ0) is 11.5. The van der Waals surface area contributed by atoms with Crippen molar-refractivity contribution in [2.45, 2.75) is 6.82 Å². The molecule has 0 aromatic carbocycles. The fourth-order valence-corrected chi connectivity index (χ4v) is 0.884. The zero-order valence-electron chi connectivity index (χ0n) is 8.81. The summed E-state index contributed by atoms with van der Waals surface area (Å²) in [4.78, 5) is 9.93. The van der Waals surface area contributed by atoms with Crippen LogP contribution in [-0.2, 0) is 0 Å². The SMILES string of the molecule is CB(O)NC(=BCN=O)NC/C=C/CN. The molecule has 0 aliphatic carbocycles. The van der Waals surface area contributed by atoms with Crippen LogP contribution in [0.25, 0.3) is 0 Å². The molecule has 8 heteroatoms. The summed E-state index contributed by atoms with van der Waals surface area (Å²) in [5.74, 6) is 0. The molecule has 5 N–H and O–H groups in total. The second-order valence-electron chi connectivity index (χ2n) is 2.84. The van der Waals surface area contributed by atoms with Crippen molar-refractivity contribution in [3.05, 3.63) is 17.1 Å². The van der Waals surface area contributed by atoms with Crippen LogP contribution in [0.2, 0.25) is 6.82 Å². The first kappa shape index (κ1) is 13.9. The summed E-state index contributed by atoms with van der Waals surface area (Å²) in [6.45, 7) is 4.21. The summed E-state index contributed by atoms with van der Waals surface area (Å²) < 4.78 is 0. The number of nitrogens with two attached hydrogens (primary N) is 1. The summed E-state index contributed by atoms with van der Waals surface area (Å²) in [6.07, 6.45) is 3.72. The molecule has 0 aromatic heterocycles. The van der Waals surface area contributed by atoms with Crippen molar-refractivity contribution < 1.29 is 5.02 Å². The van der Waals surface area contributed by atoms with Gasteiger partial charge in [-0.1, -0.05) is 0 Å². The number of nitrogens with zero attached hydrogens (tertiary/aromatic N) is 1. The normalized spacial score (nSPS) is 11.0. The quantitative estimate of drug-likeness (QED) is 0.217. The van der Waals surface area contributed by atoms with E-state index in [0.717, 1.165) is 0 Å². The van der Waals surface area contributed by atoms with Crippen LogP contribution in [0, 0.1) is 4.91 Å². The van der Waals surface area contributed by atoms with Crippen LogP contribution in [0.15, 0.2) is 17.3 Å². The molecule has 0 unspecified atom stereocenters. The second-order valence-corrected chi connectivity index (χ2v) is 2.84. The molecule has 0 radical (unpaired) electrons. The predicted molar refractivity (Wildman–Crippen MR) is 64.6 cm³/mol. The van der Waals surface area contributed by atoms with Crippen LogP contribution < -0.4 is 16.3 Å². The third-order valence-electron chi connectivity index (χ3n) is 1.45. The number of nitrogens with one attached hydrogen (secondary N) is 2. The van der Waals surface area contributed by atoms with Gasteiger partial charge in [-0.25, -0.2) is 0 Å². The number of rotatable bonds is 8. The fraction of sp³-hybridized carbons (Fsp3) is 0.571. The van der Waals surface area contributed by atoms with Gasteiger partial charge in [0.25, 0.3) is 0 Å². The van der Waals surface area contributed by atoms with Gasteiger partial charge in [0.2, 0.25) is 0 Å². The van der Waals surface area contributed by atoms with Crippen LogP contribution in [0.3, 0.4) is 0 Å². The minimum atomic E-state index is -0.686. The number of hydrogen-bond donors (Lipinski definition) is 4. The van der Waals surface area contributed by atoms with Crippen molar-refractivity contribution >= 4 is 19.7 Å². The molecule has 15 heavy (non-hydrogen) atoms. The van der Waals surface area contributed by atoms with Gasteiger partial charge in [-0.15, -0.1) is 0 Å². The van der Waals surface area contributed by atoms with Crippen molar-refractivity contribution in [1.82, 2.24) is 10.5 Å². The summed E-state index contributed by atoms with van der Waals surface area (Å²) in [7, 11) is -0.686. The third-order valence-corrected chi connectivity index (χ3v) is 1.45. The van der Waals surface area contributed by atoms with Crippen LogP contribution in [0.5, 0.6) is 0 Å². The molecule has 0 rings (SSSR count). The van der Waals surface area contributed by atoms with Gasteiger partial charge < -0.3 is 0 Å². The first-order valence-corrected chi connectivity index (χ1v) is 4.73. The standard InChI is InChI=1S/C7H16B2N4O2/c1-9(14)13-7(8-6-12-15)11-5-3-2-4-10/h2-3,11,13-14H,4-6,10H2,1H3/b3-2+. The molecule has 0 aromatic rings. The second kappa shape index (κ2) is 9.42. The fourth-order valence-electron chi connectivity index (χ4n) is 0.884. The van der Waals surface area contributed by atoms with Gasteiger partial charge in [0.05, 0.1) is 0 Å². The van der Waals surface area contributed by atoms with E-state index >= 15 is 0 Å². The molecule has 0 fully saturated rings. The van der Waals surface area contributed by atoms with Crippen LogP contribution in [-0.4, -0.2) is 44.2 Å². The van der Waals surface area contributed by atoms with E-state index in [0.29, 0.717) is 18.8 Å². The van der Waals surface area contributed by atoms with Crippen LogP contribution in [0.1, 0.15) is 0 Å². The van der Waals surface area contributed by atoms with Gasteiger partial charge in [0.1, 0.15) is 0 Å². The molecule has 0 saturated carbocycles. The van der Waals surface area contributed by atoms with E-state index in [4.69, 9.17) is 10.8 Å². The monoisotopic (exact) mass is 210 g/mol. The molecule has 0 heterocycles. The summed E-state index contributed by atoms with van der Waals surface area (Å²) in [5.41, 5.74) is 5.84. The Morgan fingerprint density at radius 3 is 2.93 bits per heavy atom. The van der Waals surface area contributed by atoms with Crippen LogP contribution in [0.4, 0.5) is 0 Å². The molecule has 0 spiro atoms. The van der Waals surface area contributed by atoms with Crippen molar-refractivity contribution in [3.8, 4) is 0 Å². The Labute approximate surface area is 90.3 Å². The molecule has 6 nitrogen and oxygen atoms in total. The average Bonchev–Trinajstić information content (AvgIpc) is 2.19. The van der Waals surface area contributed by atoms with E-state index in [-0.39, 0.29) is 6.44 Å². The maximum atomic E-state index is 9.93. The molecule has 0 bridgehead atoms. The molecule has 82 valence electrons. The number of nitroso groups, excluding NO2 is 1. The van der Waals surface area contributed by atoms with Gasteiger partial charge in [0.15, 0.2) is 0 Å². The van der Waals surface area contributed by atoms with Gasteiger partial charge in [-0.3, -0.25) is 0 Å². The molecule has 0 saturated heterocycles. The van der Waals surface area contributed by atoms with E-state index in [1.807, 2.05) is 12.2 Å². The van der Waals surface area contributed by atoms with E-state index in [2.05, 4.69) is 15.7 Å². The molecular formula is C7H16B2N4O2. The Morgan fingerprint density at radius 1 is 1.67 bits per heavy atom. The van der Waals surface area contributed by atoms with E-state index in [1.165, 1.54) is 0 Å². The Balaban J connectivity index is 4.00. The molecule has 0 amide bonds. The molecule has 0 aliphatic heterocycles. The van der Waals surface area contributed by atoms with Gasteiger partial charge in [-0.2, -0.15) is 0 Å². The van der Waals surface area contributed by atoms with Gasteiger partial charge >= 0.3 is 89.6 Å². The van der Waals surface area contributed by atoms with Crippen molar-refractivity contribution in [2.24, 2.45) is 10.9 Å². The third kappa shape index (κ3) is 9.17. The zero-order valence-corrected chi connectivity index (χ0v) is 8.81. The van der Waals surface area contributed by atoms with Gasteiger partial charge in [0, 0.05) is 0 Å². The summed E-state index contributed by atoms with van der Waals surface area (Å²) in [5, 5.41) is 17.5. The number of hydrogen-bond acceptors (Lipinski definition) is 6. The minimum absolute atomic E-state index is 0.0582. The summed E-state index contributed by atoms with van der Waals surface area (Å²) >= 11 is 0. The first-order valence-electron chi connectivity index (χ1n) is 4.73. The van der Waals surface area contributed by atoms with Crippen molar-refractivity contribution in [3.63, 3.8) is 0 Å². The predicted octanol–water partition coefficient (Wildman–Crippen LogP) is -1.69. The van der Waals surface area contributed by atoms with E-state index in [9.17, 15) is 4.91 Å². The van der Waals surface area contributed by atoms with Gasteiger partial charge in [-0.05, 0) is 0 Å². The van der Waals surface area contributed by atoms with E-state index in [1.54, 1.807) is 13.7 Å². The van der Waals surface area contributed by atoms with Crippen LogP contribution >= 0.6 is 0 Å². The first-order chi connectivity index (χ1) is 7.20. The van der Waals surface area contributed by atoms with Crippen molar-refractivity contribution in [2.75, 3.05) is 19.5 Å². The Kier molecular flexibility index (Phi) is 8.70. The Morgan fingerprint density at radius 2 is 2.40 bits per heavy atom.